The molecule has 0 aliphatic carbocycles. The van der Waals surface area contributed by atoms with Crippen LogP contribution in [0.4, 0.5) is 0 Å². The molecule has 0 amide bonds. The largest absolute Gasteiger partial charge is 0.493 e. The molecule has 2 N–H and O–H groups in total. The van der Waals surface area contributed by atoms with Crippen LogP contribution in [0.1, 0.15) is 17.5 Å². The van der Waals surface area contributed by atoms with E-state index in [2.05, 4.69) is 9.97 Å². The minimum atomic E-state index is -0.347. The third-order valence-corrected chi connectivity index (χ3v) is 4.37. The first-order valence-corrected chi connectivity index (χ1v) is 7.90. The quantitative estimate of drug-likeness (QED) is 0.890. The maximum atomic E-state index is 12.3. The van der Waals surface area contributed by atoms with Crippen LogP contribution in [0.3, 0.4) is 0 Å². The summed E-state index contributed by atoms with van der Waals surface area (Å²) >= 11 is 1.74. The van der Waals surface area contributed by atoms with Gasteiger partial charge in [0.25, 0.3) is 5.56 Å². The van der Waals surface area contributed by atoms with Crippen molar-refractivity contribution in [3.8, 4) is 17.0 Å². The molecule has 2 heterocycles. The highest BCUT2D eigenvalue weighted by molar-refractivity contribution is 7.99. The standard InChI is InChI=1S/C15H16N2O3S/c1-9-2-4-10(5-3-9)12-14(18)16-13(17-15(12)19)11-8-21-7-6-20-11/h2-5,11H,6-8H2,1H3,(H2,16,17,18,19). The van der Waals surface area contributed by atoms with Gasteiger partial charge in [-0.05, 0) is 12.5 Å². The van der Waals surface area contributed by atoms with Gasteiger partial charge in [-0.2, -0.15) is 16.7 Å². The average molecular weight is 304 g/mol. The molecule has 2 aromatic rings. The molecule has 0 radical (unpaired) electrons. The summed E-state index contributed by atoms with van der Waals surface area (Å²) in [6.07, 6.45) is -0.269. The second-order valence-electron chi connectivity index (χ2n) is 4.95. The third-order valence-electron chi connectivity index (χ3n) is 3.38. The maximum absolute atomic E-state index is 12.3. The van der Waals surface area contributed by atoms with Crippen LogP contribution < -0.4 is 5.56 Å². The van der Waals surface area contributed by atoms with Crippen molar-refractivity contribution in [1.29, 1.82) is 0 Å². The van der Waals surface area contributed by atoms with E-state index in [9.17, 15) is 9.90 Å². The van der Waals surface area contributed by atoms with E-state index in [1.165, 1.54) is 0 Å². The van der Waals surface area contributed by atoms with Gasteiger partial charge in [-0.3, -0.25) is 4.79 Å². The number of benzene rings is 1. The number of aromatic nitrogens is 2. The lowest BCUT2D eigenvalue weighted by Gasteiger charge is -2.21. The fourth-order valence-electron chi connectivity index (χ4n) is 2.26. The average Bonchev–Trinajstić information content (AvgIpc) is 2.49. The first-order valence-electron chi connectivity index (χ1n) is 6.74. The number of H-pyrrole nitrogens is 1. The van der Waals surface area contributed by atoms with E-state index in [4.69, 9.17) is 4.74 Å². The van der Waals surface area contributed by atoms with Gasteiger partial charge in [0.05, 0.1) is 6.61 Å². The number of aromatic hydroxyl groups is 1. The van der Waals surface area contributed by atoms with Crippen LogP contribution >= 0.6 is 11.8 Å². The summed E-state index contributed by atoms with van der Waals surface area (Å²) in [4.78, 5) is 19.1. The van der Waals surface area contributed by atoms with Gasteiger partial charge in [-0.25, -0.2) is 0 Å². The SMILES string of the molecule is Cc1ccc(-c2c(O)nc(C3CSCCO3)[nH]c2=O)cc1. The van der Waals surface area contributed by atoms with Crippen LogP contribution in [0.15, 0.2) is 29.1 Å². The Morgan fingerprint density at radius 3 is 2.76 bits per heavy atom. The number of nitrogens with one attached hydrogen (secondary N) is 1. The van der Waals surface area contributed by atoms with Crippen LogP contribution in [0, 0.1) is 6.92 Å². The smallest absolute Gasteiger partial charge is 0.262 e. The maximum Gasteiger partial charge on any atom is 0.262 e. The molecule has 0 spiro atoms. The Kier molecular flexibility index (Phi) is 3.98. The summed E-state index contributed by atoms with van der Waals surface area (Å²) in [7, 11) is 0. The van der Waals surface area contributed by atoms with Crippen molar-refractivity contribution in [3.63, 3.8) is 0 Å². The van der Waals surface area contributed by atoms with E-state index in [1.54, 1.807) is 23.9 Å². The normalized spacial score (nSPS) is 18.6. The van der Waals surface area contributed by atoms with E-state index in [1.807, 2.05) is 19.1 Å². The Hall–Kier alpha value is -1.79. The summed E-state index contributed by atoms with van der Waals surface area (Å²) in [5.74, 6) is 1.80. The fourth-order valence-corrected chi connectivity index (χ4v) is 3.11. The van der Waals surface area contributed by atoms with Crippen LogP contribution in [0.25, 0.3) is 11.1 Å². The zero-order chi connectivity index (χ0) is 14.8. The number of thioether (sulfide) groups is 1. The van der Waals surface area contributed by atoms with E-state index in [-0.39, 0.29) is 23.1 Å². The summed E-state index contributed by atoms with van der Waals surface area (Å²) in [5.41, 5.74) is 1.59. The first kappa shape index (κ1) is 14.2. The van der Waals surface area contributed by atoms with E-state index in [0.717, 1.165) is 17.1 Å². The number of aromatic amines is 1. The molecule has 3 rings (SSSR count). The highest BCUT2D eigenvalue weighted by Crippen LogP contribution is 2.28. The molecule has 21 heavy (non-hydrogen) atoms. The number of rotatable bonds is 2. The molecule has 1 aliphatic heterocycles. The lowest BCUT2D eigenvalue weighted by Crippen LogP contribution is -2.22. The van der Waals surface area contributed by atoms with Crippen LogP contribution in [-0.2, 0) is 4.74 Å². The Bertz CT molecular complexity index is 691. The molecule has 6 heteroatoms. The molecule has 0 saturated carbocycles. The van der Waals surface area contributed by atoms with Crippen molar-refractivity contribution >= 4 is 11.8 Å². The van der Waals surface area contributed by atoms with Gasteiger partial charge >= 0.3 is 0 Å². The van der Waals surface area contributed by atoms with E-state index >= 15 is 0 Å². The highest BCUT2D eigenvalue weighted by Gasteiger charge is 2.22. The molecular weight excluding hydrogens is 288 g/mol. The zero-order valence-corrected chi connectivity index (χ0v) is 12.4. The second kappa shape index (κ2) is 5.91. The topological polar surface area (TPSA) is 75.2 Å². The molecule has 1 fully saturated rings. The van der Waals surface area contributed by atoms with Gasteiger partial charge in [0, 0.05) is 11.5 Å². The number of hydrogen-bond donors (Lipinski definition) is 2. The molecule has 5 nitrogen and oxygen atoms in total. The zero-order valence-electron chi connectivity index (χ0n) is 11.6. The van der Waals surface area contributed by atoms with Gasteiger partial charge < -0.3 is 14.8 Å². The van der Waals surface area contributed by atoms with Crippen molar-refractivity contribution in [2.45, 2.75) is 13.0 Å². The van der Waals surface area contributed by atoms with E-state index in [0.29, 0.717) is 18.0 Å². The molecule has 1 unspecified atom stereocenters. The van der Waals surface area contributed by atoms with Crippen molar-refractivity contribution in [1.82, 2.24) is 9.97 Å². The van der Waals surface area contributed by atoms with Crippen molar-refractivity contribution in [3.05, 3.63) is 46.0 Å². The molecule has 1 aromatic heterocycles. The van der Waals surface area contributed by atoms with E-state index < -0.39 is 0 Å². The molecule has 1 atom stereocenters. The Morgan fingerprint density at radius 1 is 1.38 bits per heavy atom. The molecule has 1 aliphatic rings. The van der Waals surface area contributed by atoms with Crippen molar-refractivity contribution < 1.29 is 9.84 Å². The molecule has 1 saturated heterocycles. The lowest BCUT2D eigenvalue weighted by molar-refractivity contribution is 0.0688. The minimum absolute atomic E-state index is 0.196. The van der Waals surface area contributed by atoms with Crippen LogP contribution in [-0.4, -0.2) is 33.2 Å². The Balaban J connectivity index is 2.00. The highest BCUT2D eigenvalue weighted by atomic mass is 32.2. The molecule has 1 aromatic carbocycles. The lowest BCUT2D eigenvalue weighted by atomic mass is 10.1. The molecular formula is C15H16N2O3S. The monoisotopic (exact) mass is 304 g/mol. The van der Waals surface area contributed by atoms with Crippen molar-refractivity contribution in [2.24, 2.45) is 0 Å². The summed E-state index contributed by atoms with van der Waals surface area (Å²) < 4.78 is 5.57. The van der Waals surface area contributed by atoms with Crippen LogP contribution in [0.2, 0.25) is 0 Å². The number of ether oxygens (including phenoxy) is 1. The second-order valence-corrected chi connectivity index (χ2v) is 6.10. The van der Waals surface area contributed by atoms with Gasteiger partial charge in [0.1, 0.15) is 17.5 Å². The number of hydrogen-bond acceptors (Lipinski definition) is 5. The third kappa shape index (κ3) is 2.96. The Labute approximate surface area is 126 Å². The molecule has 110 valence electrons. The first-order chi connectivity index (χ1) is 10.1. The minimum Gasteiger partial charge on any atom is -0.493 e. The summed E-state index contributed by atoms with van der Waals surface area (Å²) in [5, 5.41) is 10.1. The van der Waals surface area contributed by atoms with Gasteiger partial charge in [-0.1, -0.05) is 29.8 Å². The predicted octanol–water partition coefficient (Wildman–Crippen LogP) is 2.26. The number of aryl methyl sites for hydroxylation is 1. The van der Waals surface area contributed by atoms with Crippen molar-refractivity contribution in [2.75, 3.05) is 18.1 Å². The predicted molar refractivity (Wildman–Crippen MR) is 82.7 cm³/mol. The number of nitrogens with zero attached hydrogens (tertiary/aromatic N) is 1. The summed E-state index contributed by atoms with van der Waals surface area (Å²) in [6, 6.07) is 7.38. The van der Waals surface area contributed by atoms with Gasteiger partial charge in [-0.15, -0.1) is 0 Å². The van der Waals surface area contributed by atoms with Gasteiger partial charge in [0.2, 0.25) is 5.88 Å². The summed E-state index contributed by atoms with van der Waals surface area (Å²) in [6.45, 7) is 2.59. The van der Waals surface area contributed by atoms with Gasteiger partial charge in [0.15, 0.2) is 0 Å². The molecule has 0 bridgehead atoms. The van der Waals surface area contributed by atoms with Crippen LogP contribution in [0.5, 0.6) is 5.88 Å². The Morgan fingerprint density at radius 2 is 2.14 bits per heavy atom. The fraction of sp³-hybridized carbons (Fsp3) is 0.333.